The van der Waals surface area contributed by atoms with Gasteiger partial charge in [-0.3, -0.25) is 9.59 Å². The third-order valence-electron chi connectivity index (χ3n) is 9.15. The van der Waals surface area contributed by atoms with E-state index in [-0.39, 0.29) is 28.8 Å². The fourth-order valence-electron chi connectivity index (χ4n) is 7.49. The van der Waals surface area contributed by atoms with Gasteiger partial charge in [0.05, 0.1) is 12.1 Å². The Hall–Kier alpha value is -1.43. The summed E-state index contributed by atoms with van der Waals surface area (Å²) in [6.07, 6.45) is 7.47. The lowest BCUT2D eigenvalue weighted by Gasteiger charge is -2.60. The molecule has 6 nitrogen and oxygen atoms in total. The van der Waals surface area contributed by atoms with Crippen LogP contribution in [0.2, 0.25) is 0 Å². The molecule has 4 aliphatic rings. The molecule has 0 aromatic rings. The molecule has 0 aliphatic heterocycles. The Kier molecular flexibility index (Phi) is 5.51. The van der Waals surface area contributed by atoms with E-state index in [0.29, 0.717) is 42.9 Å². The van der Waals surface area contributed by atoms with Crippen molar-refractivity contribution < 1.29 is 19.5 Å². The van der Waals surface area contributed by atoms with Crippen LogP contribution in [0.1, 0.15) is 71.6 Å². The first kappa shape index (κ1) is 20.8. The van der Waals surface area contributed by atoms with Gasteiger partial charge >= 0.3 is 5.97 Å². The molecule has 0 amide bonds. The second-order valence-electron chi connectivity index (χ2n) is 10.4. The van der Waals surface area contributed by atoms with Crippen LogP contribution in [-0.4, -0.2) is 42.4 Å². The van der Waals surface area contributed by atoms with E-state index < -0.39 is 0 Å². The molecule has 4 fully saturated rings. The number of oxime groups is 1. The third-order valence-corrected chi connectivity index (χ3v) is 9.15. The number of rotatable bonds is 4. The SMILES string of the molecule is CNCCC(=O)O[C@H]1CC[C@@]2(C)C(C1)/C(=N/O)C[C@@H]1[C@@H]2CC[C@]2(C)C(=O)CC[C@@H]12. The van der Waals surface area contributed by atoms with Gasteiger partial charge in [-0.05, 0) is 75.2 Å². The molecule has 6 heteroatoms. The number of Topliss-reactive ketones (excluding diaryl/α,β-unsaturated/α-hetero) is 1. The minimum atomic E-state index is -0.176. The van der Waals surface area contributed by atoms with Gasteiger partial charge in [0.2, 0.25) is 0 Å². The van der Waals surface area contributed by atoms with Gasteiger partial charge in [-0.1, -0.05) is 19.0 Å². The molecule has 2 N–H and O–H groups in total. The summed E-state index contributed by atoms with van der Waals surface area (Å²) >= 11 is 0. The summed E-state index contributed by atoms with van der Waals surface area (Å²) in [5.74, 6) is 1.85. The first-order chi connectivity index (χ1) is 13.8. The molecule has 29 heavy (non-hydrogen) atoms. The van der Waals surface area contributed by atoms with E-state index in [2.05, 4.69) is 24.3 Å². The molecule has 0 saturated heterocycles. The number of carbonyl (C=O) groups is 2. The first-order valence-corrected chi connectivity index (χ1v) is 11.4. The Bertz CT molecular complexity index is 707. The van der Waals surface area contributed by atoms with E-state index >= 15 is 0 Å². The van der Waals surface area contributed by atoms with Crippen molar-refractivity contribution in [3.63, 3.8) is 0 Å². The molecule has 7 atom stereocenters. The van der Waals surface area contributed by atoms with Gasteiger partial charge in [-0.25, -0.2) is 0 Å². The monoisotopic (exact) mass is 404 g/mol. The number of nitrogens with zero attached hydrogens (tertiary/aromatic N) is 1. The predicted molar refractivity (Wildman–Crippen MR) is 110 cm³/mol. The summed E-state index contributed by atoms with van der Waals surface area (Å²) < 4.78 is 5.76. The lowest BCUT2D eigenvalue weighted by molar-refractivity contribution is -0.155. The Morgan fingerprint density at radius 1 is 1.24 bits per heavy atom. The minimum Gasteiger partial charge on any atom is -0.462 e. The average Bonchev–Trinajstić information content (AvgIpc) is 3.01. The quantitative estimate of drug-likeness (QED) is 0.425. The fourth-order valence-corrected chi connectivity index (χ4v) is 7.49. The molecule has 0 aromatic carbocycles. The third kappa shape index (κ3) is 3.31. The Morgan fingerprint density at radius 2 is 2.03 bits per heavy atom. The van der Waals surface area contributed by atoms with Crippen LogP contribution in [-0.2, 0) is 14.3 Å². The number of nitrogens with one attached hydrogen (secondary N) is 1. The van der Waals surface area contributed by atoms with E-state index in [1.54, 1.807) is 0 Å². The number of carbonyl (C=O) groups excluding carboxylic acids is 2. The highest BCUT2D eigenvalue weighted by atomic mass is 16.5. The molecule has 0 bridgehead atoms. The van der Waals surface area contributed by atoms with Crippen LogP contribution < -0.4 is 5.32 Å². The maximum absolute atomic E-state index is 12.6. The highest BCUT2D eigenvalue weighted by molar-refractivity contribution is 5.90. The first-order valence-electron chi connectivity index (χ1n) is 11.4. The zero-order valence-electron chi connectivity index (χ0n) is 18.1. The van der Waals surface area contributed by atoms with E-state index in [9.17, 15) is 14.8 Å². The van der Waals surface area contributed by atoms with Crippen LogP contribution in [0.4, 0.5) is 0 Å². The lowest BCUT2D eigenvalue weighted by Crippen LogP contribution is -2.57. The molecule has 1 unspecified atom stereocenters. The van der Waals surface area contributed by atoms with Crippen LogP contribution in [0.3, 0.4) is 0 Å². The van der Waals surface area contributed by atoms with E-state index in [1.165, 1.54) is 0 Å². The molecule has 0 aromatic heterocycles. The topological polar surface area (TPSA) is 88.0 Å². The molecule has 162 valence electrons. The van der Waals surface area contributed by atoms with Crippen molar-refractivity contribution in [2.75, 3.05) is 13.6 Å². The predicted octanol–water partition coefficient (Wildman–Crippen LogP) is 3.56. The number of hydrogen-bond donors (Lipinski definition) is 2. The van der Waals surface area contributed by atoms with Crippen molar-refractivity contribution in [3.8, 4) is 0 Å². The smallest absolute Gasteiger partial charge is 0.307 e. The van der Waals surface area contributed by atoms with E-state index in [0.717, 1.165) is 50.7 Å². The van der Waals surface area contributed by atoms with Crippen molar-refractivity contribution in [1.29, 1.82) is 0 Å². The normalized spacial score (nSPS) is 45.4. The standard InChI is InChI=1S/C23H36N2O4/c1-22-9-6-14(29-21(27)8-11-24-3)12-18(22)19(25-28)13-15-16-4-5-20(26)23(16,2)10-7-17(15)22/h14-18,24,28H,4-13H2,1-3H3/b25-19+/t14-,15-,16-,17-,18?,22+,23-/m0/s1. The van der Waals surface area contributed by atoms with Crippen molar-refractivity contribution in [1.82, 2.24) is 5.32 Å². The van der Waals surface area contributed by atoms with Crippen molar-refractivity contribution in [3.05, 3.63) is 0 Å². The van der Waals surface area contributed by atoms with Crippen LogP contribution in [0.25, 0.3) is 0 Å². The molecule has 0 radical (unpaired) electrons. The molecular weight excluding hydrogens is 368 g/mol. The average molecular weight is 405 g/mol. The zero-order valence-corrected chi connectivity index (χ0v) is 18.1. The number of esters is 1. The van der Waals surface area contributed by atoms with Gasteiger partial charge in [-0.15, -0.1) is 0 Å². The van der Waals surface area contributed by atoms with Gasteiger partial charge in [0.25, 0.3) is 0 Å². The van der Waals surface area contributed by atoms with Gasteiger partial charge in [0.1, 0.15) is 11.9 Å². The van der Waals surface area contributed by atoms with Gasteiger partial charge in [0.15, 0.2) is 0 Å². The van der Waals surface area contributed by atoms with E-state index in [1.807, 2.05) is 7.05 Å². The number of ether oxygens (including phenoxy) is 1. The van der Waals surface area contributed by atoms with Crippen molar-refractivity contribution in [2.24, 2.45) is 39.7 Å². The Morgan fingerprint density at radius 3 is 2.76 bits per heavy atom. The molecule has 4 rings (SSSR count). The number of fused-ring (bicyclic) bond motifs is 5. The summed E-state index contributed by atoms with van der Waals surface area (Å²) in [6.45, 7) is 5.16. The molecule has 0 spiro atoms. The second-order valence-corrected chi connectivity index (χ2v) is 10.4. The summed E-state index contributed by atoms with van der Waals surface area (Å²) in [5, 5.41) is 16.6. The van der Waals surface area contributed by atoms with Gasteiger partial charge in [-0.2, -0.15) is 0 Å². The second kappa shape index (κ2) is 7.68. The van der Waals surface area contributed by atoms with Crippen molar-refractivity contribution >= 4 is 17.5 Å². The van der Waals surface area contributed by atoms with Crippen LogP contribution in [0.15, 0.2) is 5.16 Å². The molecule has 4 aliphatic carbocycles. The number of hydrogen-bond acceptors (Lipinski definition) is 6. The molecule has 4 saturated carbocycles. The summed E-state index contributed by atoms with van der Waals surface area (Å²) in [6, 6.07) is 0. The highest BCUT2D eigenvalue weighted by Gasteiger charge is 2.62. The molecular formula is C23H36N2O4. The van der Waals surface area contributed by atoms with Crippen molar-refractivity contribution in [2.45, 2.75) is 77.7 Å². The minimum absolute atomic E-state index is 0.0608. The van der Waals surface area contributed by atoms with Crippen LogP contribution in [0.5, 0.6) is 0 Å². The zero-order chi connectivity index (χ0) is 20.8. The number of ketones is 1. The summed E-state index contributed by atoms with van der Waals surface area (Å²) in [5.41, 5.74) is 0.754. The van der Waals surface area contributed by atoms with Gasteiger partial charge < -0.3 is 15.3 Å². The largest absolute Gasteiger partial charge is 0.462 e. The maximum atomic E-state index is 12.6. The Labute approximate surface area is 173 Å². The lowest BCUT2D eigenvalue weighted by atomic mass is 9.44. The van der Waals surface area contributed by atoms with E-state index in [4.69, 9.17) is 4.74 Å². The highest BCUT2D eigenvalue weighted by Crippen LogP contribution is 2.65. The van der Waals surface area contributed by atoms with Gasteiger partial charge in [0, 0.05) is 24.3 Å². The van der Waals surface area contributed by atoms with Crippen LogP contribution in [0, 0.1) is 34.5 Å². The Balaban J connectivity index is 1.53. The van der Waals surface area contributed by atoms with Crippen LogP contribution >= 0.6 is 0 Å². The summed E-state index contributed by atoms with van der Waals surface area (Å²) in [7, 11) is 1.83. The maximum Gasteiger partial charge on any atom is 0.307 e. The molecule has 0 heterocycles. The summed E-state index contributed by atoms with van der Waals surface area (Å²) in [4.78, 5) is 24.7. The fraction of sp³-hybridized carbons (Fsp3) is 0.870.